The Morgan fingerprint density at radius 3 is 2.04 bits per heavy atom. The van der Waals surface area contributed by atoms with Gasteiger partial charge in [-0.2, -0.15) is 0 Å². The number of methoxy groups -OCH3 is 2. The smallest absolute Gasteiger partial charge is 0.341 e. The van der Waals surface area contributed by atoms with Crippen molar-refractivity contribution in [1.29, 1.82) is 0 Å². The summed E-state index contributed by atoms with van der Waals surface area (Å²) in [5, 5.41) is 0. The second-order valence-corrected chi connectivity index (χ2v) is 5.86. The SMILES string of the molecule is COC(=O)c1ccc(/C=C/C(=O)/C=C/c2ccc(C)c(C)c2)cc1OC. The highest BCUT2D eigenvalue weighted by Gasteiger charge is 2.12. The molecule has 0 aliphatic carbocycles. The van der Waals surface area contributed by atoms with E-state index in [1.807, 2.05) is 25.1 Å². The van der Waals surface area contributed by atoms with Crippen LogP contribution in [-0.4, -0.2) is 26.0 Å². The largest absolute Gasteiger partial charge is 0.496 e. The van der Waals surface area contributed by atoms with Gasteiger partial charge in [0.1, 0.15) is 11.3 Å². The molecule has 2 aromatic carbocycles. The lowest BCUT2D eigenvalue weighted by molar-refractivity contribution is -0.110. The summed E-state index contributed by atoms with van der Waals surface area (Å²) in [4.78, 5) is 23.7. The average molecular weight is 350 g/mol. The van der Waals surface area contributed by atoms with E-state index in [-0.39, 0.29) is 5.78 Å². The molecule has 0 aliphatic heterocycles. The van der Waals surface area contributed by atoms with Gasteiger partial charge in [0.05, 0.1) is 14.2 Å². The fourth-order valence-corrected chi connectivity index (χ4v) is 2.37. The van der Waals surface area contributed by atoms with Gasteiger partial charge in [-0.3, -0.25) is 4.79 Å². The predicted molar refractivity (Wildman–Crippen MR) is 103 cm³/mol. The first-order valence-corrected chi connectivity index (χ1v) is 8.18. The lowest BCUT2D eigenvalue weighted by Crippen LogP contribution is -2.04. The maximum Gasteiger partial charge on any atom is 0.341 e. The van der Waals surface area contributed by atoms with E-state index >= 15 is 0 Å². The minimum Gasteiger partial charge on any atom is -0.496 e. The van der Waals surface area contributed by atoms with Crippen LogP contribution in [0.5, 0.6) is 5.75 Å². The van der Waals surface area contributed by atoms with Crippen molar-refractivity contribution in [3.63, 3.8) is 0 Å². The Bertz CT molecular complexity index is 876. The zero-order chi connectivity index (χ0) is 19.1. The van der Waals surface area contributed by atoms with Crippen molar-refractivity contribution in [1.82, 2.24) is 0 Å². The lowest BCUT2D eigenvalue weighted by atomic mass is 10.1. The Labute approximate surface area is 153 Å². The van der Waals surface area contributed by atoms with E-state index in [1.54, 1.807) is 30.4 Å². The average Bonchev–Trinajstić information content (AvgIpc) is 2.66. The number of carbonyl (C=O) groups is 2. The van der Waals surface area contributed by atoms with Crippen LogP contribution in [0.2, 0.25) is 0 Å². The molecule has 0 heterocycles. The monoisotopic (exact) mass is 350 g/mol. The molecule has 0 N–H and O–H groups in total. The zero-order valence-corrected chi connectivity index (χ0v) is 15.4. The number of ketones is 1. The van der Waals surface area contributed by atoms with Gasteiger partial charge in [0.15, 0.2) is 5.78 Å². The van der Waals surface area contributed by atoms with Crippen molar-refractivity contribution >= 4 is 23.9 Å². The summed E-state index contributed by atoms with van der Waals surface area (Å²) in [5.74, 6) is -0.193. The molecule has 26 heavy (non-hydrogen) atoms. The van der Waals surface area contributed by atoms with E-state index in [2.05, 4.69) is 6.92 Å². The van der Waals surface area contributed by atoms with Crippen molar-refractivity contribution < 1.29 is 19.1 Å². The highest BCUT2D eigenvalue weighted by atomic mass is 16.5. The molecule has 0 saturated carbocycles. The van der Waals surface area contributed by atoms with Crippen LogP contribution in [0.25, 0.3) is 12.2 Å². The van der Waals surface area contributed by atoms with Gasteiger partial charge in [-0.15, -0.1) is 0 Å². The Hall–Kier alpha value is -3.14. The van der Waals surface area contributed by atoms with E-state index < -0.39 is 5.97 Å². The molecule has 0 aliphatic rings. The summed E-state index contributed by atoms with van der Waals surface area (Å²) in [6.45, 7) is 4.09. The minimum absolute atomic E-state index is 0.126. The van der Waals surface area contributed by atoms with E-state index in [0.717, 1.165) is 11.1 Å². The second-order valence-electron chi connectivity index (χ2n) is 5.86. The molecule has 0 radical (unpaired) electrons. The minimum atomic E-state index is -0.468. The maximum atomic E-state index is 12.0. The molecule has 0 fully saturated rings. The van der Waals surface area contributed by atoms with Crippen LogP contribution >= 0.6 is 0 Å². The molecule has 4 heteroatoms. The summed E-state index contributed by atoms with van der Waals surface area (Å²) in [6, 6.07) is 11.1. The number of hydrogen-bond donors (Lipinski definition) is 0. The molecule has 0 saturated heterocycles. The lowest BCUT2D eigenvalue weighted by Gasteiger charge is -2.07. The summed E-state index contributed by atoms with van der Waals surface area (Å²) in [6.07, 6.45) is 6.47. The van der Waals surface area contributed by atoms with Crippen LogP contribution in [0.1, 0.15) is 32.6 Å². The summed E-state index contributed by atoms with van der Waals surface area (Å²) >= 11 is 0. The third kappa shape index (κ3) is 4.93. The number of ether oxygens (including phenoxy) is 2. The highest BCUT2D eigenvalue weighted by Crippen LogP contribution is 2.22. The Balaban J connectivity index is 2.10. The van der Waals surface area contributed by atoms with Crippen molar-refractivity contribution in [2.45, 2.75) is 13.8 Å². The number of benzene rings is 2. The van der Waals surface area contributed by atoms with Crippen LogP contribution in [0.4, 0.5) is 0 Å². The van der Waals surface area contributed by atoms with Gasteiger partial charge in [0.2, 0.25) is 0 Å². The zero-order valence-electron chi connectivity index (χ0n) is 15.4. The van der Waals surface area contributed by atoms with Crippen molar-refractivity contribution in [3.05, 3.63) is 76.4 Å². The van der Waals surface area contributed by atoms with Gasteiger partial charge in [0.25, 0.3) is 0 Å². The molecule has 0 amide bonds. The number of rotatable bonds is 6. The highest BCUT2D eigenvalue weighted by molar-refractivity contribution is 6.04. The molecule has 2 aromatic rings. The third-order valence-electron chi connectivity index (χ3n) is 4.04. The van der Waals surface area contributed by atoms with Gasteiger partial charge in [-0.05, 0) is 60.4 Å². The van der Waals surface area contributed by atoms with Crippen LogP contribution < -0.4 is 4.74 Å². The number of allylic oxidation sites excluding steroid dienone is 2. The van der Waals surface area contributed by atoms with Gasteiger partial charge < -0.3 is 9.47 Å². The van der Waals surface area contributed by atoms with E-state index in [4.69, 9.17) is 9.47 Å². The van der Waals surface area contributed by atoms with Gasteiger partial charge in [0, 0.05) is 0 Å². The van der Waals surface area contributed by atoms with Crippen molar-refractivity contribution in [2.75, 3.05) is 14.2 Å². The quantitative estimate of drug-likeness (QED) is 0.572. The number of aryl methyl sites for hydroxylation is 2. The number of esters is 1. The standard InChI is InChI=1S/C22H22O4/c1-15-5-6-17(13-16(15)2)7-10-19(23)11-8-18-9-12-20(22(24)26-4)21(14-18)25-3/h5-14H,1-4H3/b10-7+,11-8+. The van der Waals surface area contributed by atoms with Crippen LogP contribution in [0.15, 0.2) is 48.6 Å². The normalized spacial score (nSPS) is 11.1. The van der Waals surface area contributed by atoms with Crippen molar-refractivity contribution in [2.24, 2.45) is 0 Å². The van der Waals surface area contributed by atoms with Gasteiger partial charge >= 0.3 is 5.97 Å². The first-order valence-electron chi connectivity index (χ1n) is 8.18. The molecule has 0 bridgehead atoms. The third-order valence-corrected chi connectivity index (χ3v) is 4.04. The summed E-state index contributed by atoms with van der Waals surface area (Å²) in [5.41, 5.74) is 4.49. The molecule has 4 nitrogen and oxygen atoms in total. The first kappa shape index (κ1) is 19.2. The fourth-order valence-electron chi connectivity index (χ4n) is 2.37. The Morgan fingerprint density at radius 1 is 0.846 bits per heavy atom. The predicted octanol–water partition coefficient (Wildman–Crippen LogP) is 4.39. The maximum absolute atomic E-state index is 12.0. The molecule has 0 spiro atoms. The topological polar surface area (TPSA) is 52.6 Å². The van der Waals surface area contributed by atoms with Gasteiger partial charge in [-0.1, -0.05) is 36.4 Å². The Kier molecular flexibility index (Phi) is 6.50. The van der Waals surface area contributed by atoms with Gasteiger partial charge in [-0.25, -0.2) is 4.79 Å². The molecule has 2 rings (SSSR count). The number of carbonyl (C=O) groups excluding carboxylic acids is 2. The Morgan fingerprint density at radius 2 is 1.46 bits per heavy atom. The van der Waals surface area contributed by atoms with E-state index in [9.17, 15) is 9.59 Å². The molecular formula is C22H22O4. The molecular weight excluding hydrogens is 328 g/mol. The molecule has 0 unspecified atom stereocenters. The summed E-state index contributed by atoms with van der Waals surface area (Å²) in [7, 11) is 2.79. The van der Waals surface area contributed by atoms with Crippen LogP contribution in [0, 0.1) is 13.8 Å². The second kappa shape index (κ2) is 8.81. The van der Waals surface area contributed by atoms with Crippen molar-refractivity contribution in [3.8, 4) is 5.75 Å². The fraction of sp³-hybridized carbons (Fsp3) is 0.182. The van der Waals surface area contributed by atoms with Crippen LogP contribution in [0.3, 0.4) is 0 Å². The van der Waals surface area contributed by atoms with Crippen LogP contribution in [-0.2, 0) is 9.53 Å². The first-order chi connectivity index (χ1) is 12.4. The molecule has 0 atom stereocenters. The molecule has 134 valence electrons. The van der Waals surface area contributed by atoms with E-state index in [0.29, 0.717) is 11.3 Å². The number of hydrogen-bond acceptors (Lipinski definition) is 4. The van der Waals surface area contributed by atoms with E-state index in [1.165, 1.54) is 37.5 Å². The molecule has 0 aromatic heterocycles. The summed E-state index contributed by atoms with van der Waals surface area (Å²) < 4.78 is 9.91.